The topological polar surface area (TPSA) is 45.6 Å². The van der Waals surface area contributed by atoms with E-state index in [4.69, 9.17) is 10.2 Å². The normalized spacial score (nSPS) is 25.0. The summed E-state index contributed by atoms with van der Waals surface area (Å²) in [4.78, 5) is 4.85. The molecule has 18 heavy (non-hydrogen) atoms. The molecule has 5 heteroatoms. The van der Waals surface area contributed by atoms with Crippen LogP contribution in [0.5, 0.6) is 0 Å². The molecule has 0 amide bonds. The van der Waals surface area contributed by atoms with Gasteiger partial charge in [0.15, 0.2) is 0 Å². The van der Waals surface area contributed by atoms with Gasteiger partial charge in [0, 0.05) is 25.7 Å². The van der Waals surface area contributed by atoms with E-state index < -0.39 is 0 Å². The molecule has 2 heterocycles. The predicted octanol–water partition coefficient (Wildman–Crippen LogP) is 2.07. The van der Waals surface area contributed by atoms with Crippen LogP contribution in [0.3, 0.4) is 0 Å². The van der Waals surface area contributed by atoms with Gasteiger partial charge >= 0.3 is 0 Å². The third-order valence-electron chi connectivity index (χ3n) is 3.67. The molecule has 2 rings (SSSR count). The Bertz CT molecular complexity index is 382. The van der Waals surface area contributed by atoms with E-state index >= 15 is 0 Å². The van der Waals surface area contributed by atoms with Crippen molar-refractivity contribution in [3.05, 3.63) is 22.6 Å². The van der Waals surface area contributed by atoms with Crippen molar-refractivity contribution >= 4 is 15.9 Å². The molecule has 4 nitrogen and oxygen atoms in total. The van der Waals surface area contributed by atoms with Crippen molar-refractivity contribution in [3.63, 3.8) is 0 Å². The lowest BCUT2D eigenvalue weighted by Crippen LogP contribution is -2.42. The fraction of sp³-hybridized carbons (Fsp3) is 0.692. The summed E-state index contributed by atoms with van der Waals surface area (Å²) in [5, 5.41) is 0. The molecule has 0 aliphatic carbocycles. The first kappa shape index (κ1) is 14.1. The Morgan fingerprint density at radius 2 is 2.33 bits per heavy atom. The van der Waals surface area contributed by atoms with E-state index in [-0.39, 0.29) is 6.04 Å². The van der Waals surface area contributed by atoms with Crippen molar-refractivity contribution in [1.29, 1.82) is 0 Å². The summed E-state index contributed by atoms with van der Waals surface area (Å²) in [6, 6.07) is 2.59. The van der Waals surface area contributed by atoms with Crippen LogP contribution in [-0.2, 0) is 0 Å². The second-order valence-electron chi connectivity index (χ2n) is 5.09. The standard InChI is InChI=1S/C13H22BrN3O/c1-10-9-16(2)5-3-6-17(10)12(8-15)13-11(14)4-7-18-13/h4,7,10,12H,3,5-6,8-9,15H2,1-2H3. The zero-order valence-electron chi connectivity index (χ0n) is 11.1. The maximum atomic E-state index is 5.98. The Balaban J connectivity index is 2.19. The van der Waals surface area contributed by atoms with Crippen LogP contribution in [0.2, 0.25) is 0 Å². The third kappa shape index (κ3) is 2.96. The molecule has 1 aromatic rings. The predicted molar refractivity (Wildman–Crippen MR) is 76.5 cm³/mol. The van der Waals surface area contributed by atoms with E-state index in [0.29, 0.717) is 12.6 Å². The summed E-state index contributed by atoms with van der Waals surface area (Å²) in [6.07, 6.45) is 2.90. The molecule has 1 aliphatic heterocycles. The second-order valence-corrected chi connectivity index (χ2v) is 5.94. The number of furan rings is 1. The molecule has 0 bridgehead atoms. The lowest BCUT2D eigenvalue weighted by atomic mass is 10.1. The van der Waals surface area contributed by atoms with Crippen LogP contribution in [0.15, 0.2) is 21.2 Å². The quantitative estimate of drug-likeness (QED) is 0.927. The highest BCUT2D eigenvalue weighted by Gasteiger charge is 2.29. The molecule has 0 radical (unpaired) electrons. The largest absolute Gasteiger partial charge is 0.466 e. The van der Waals surface area contributed by atoms with Crippen molar-refractivity contribution in [3.8, 4) is 0 Å². The van der Waals surface area contributed by atoms with Crippen molar-refractivity contribution in [1.82, 2.24) is 9.80 Å². The molecule has 1 aliphatic rings. The highest BCUT2D eigenvalue weighted by atomic mass is 79.9. The molecular weight excluding hydrogens is 294 g/mol. The number of rotatable bonds is 3. The SMILES string of the molecule is CC1CN(C)CCCN1C(CN)c1occc1Br. The maximum absolute atomic E-state index is 5.98. The van der Waals surface area contributed by atoms with E-state index in [0.717, 1.165) is 29.9 Å². The van der Waals surface area contributed by atoms with Gasteiger partial charge in [0.05, 0.1) is 16.8 Å². The minimum atomic E-state index is 0.163. The average molecular weight is 316 g/mol. The highest BCUT2D eigenvalue weighted by molar-refractivity contribution is 9.10. The second kappa shape index (κ2) is 6.19. The molecule has 1 aromatic heterocycles. The number of hydrogen-bond donors (Lipinski definition) is 1. The molecule has 2 N–H and O–H groups in total. The molecule has 1 saturated heterocycles. The summed E-state index contributed by atoms with van der Waals surface area (Å²) >= 11 is 3.54. The van der Waals surface area contributed by atoms with Gasteiger partial charge in [-0.3, -0.25) is 4.90 Å². The fourth-order valence-corrected chi connectivity index (χ4v) is 3.26. The summed E-state index contributed by atoms with van der Waals surface area (Å²) < 4.78 is 6.62. The van der Waals surface area contributed by atoms with Crippen LogP contribution in [0.1, 0.15) is 25.1 Å². The summed E-state index contributed by atoms with van der Waals surface area (Å²) in [7, 11) is 2.18. The van der Waals surface area contributed by atoms with Crippen molar-refractivity contribution in [2.24, 2.45) is 5.73 Å². The highest BCUT2D eigenvalue weighted by Crippen LogP contribution is 2.30. The maximum Gasteiger partial charge on any atom is 0.136 e. The van der Waals surface area contributed by atoms with Crippen LogP contribution in [0.4, 0.5) is 0 Å². The van der Waals surface area contributed by atoms with Gasteiger partial charge in [0.25, 0.3) is 0 Å². The summed E-state index contributed by atoms with van der Waals surface area (Å²) in [5.74, 6) is 0.953. The molecule has 2 unspecified atom stereocenters. The number of hydrogen-bond acceptors (Lipinski definition) is 4. The van der Waals surface area contributed by atoms with Gasteiger partial charge in [-0.15, -0.1) is 0 Å². The van der Waals surface area contributed by atoms with Crippen molar-refractivity contribution in [2.75, 3.05) is 33.2 Å². The van der Waals surface area contributed by atoms with Crippen LogP contribution >= 0.6 is 15.9 Å². The molecule has 0 spiro atoms. The lowest BCUT2D eigenvalue weighted by molar-refractivity contribution is 0.130. The Morgan fingerprint density at radius 3 is 2.94 bits per heavy atom. The summed E-state index contributed by atoms with van der Waals surface area (Å²) in [5.41, 5.74) is 5.98. The van der Waals surface area contributed by atoms with Gasteiger partial charge in [-0.1, -0.05) is 0 Å². The van der Waals surface area contributed by atoms with Gasteiger partial charge in [0.2, 0.25) is 0 Å². The van der Waals surface area contributed by atoms with E-state index in [1.165, 1.54) is 6.42 Å². The van der Waals surface area contributed by atoms with E-state index in [2.05, 4.69) is 39.7 Å². The monoisotopic (exact) mass is 315 g/mol. The van der Waals surface area contributed by atoms with Crippen molar-refractivity contribution < 1.29 is 4.42 Å². The van der Waals surface area contributed by atoms with Crippen molar-refractivity contribution in [2.45, 2.75) is 25.4 Å². The van der Waals surface area contributed by atoms with Crippen LogP contribution in [-0.4, -0.2) is 49.1 Å². The zero-order chi connectivity index (χ0) is 13.1. The van der Waals surface area contributed by atoms with Gasteiger partial charge in [-0.05, 0) is 48.9 Å². The minimum Gasteiger partial charge on any atom is -0.466 e. The average Bonchev–Trinajstić information content (AvgIpc) is 2.66. The smallest absolute Gasteiger partial charge is 0.136 e. The van der Waals surface area contributed by atoms with E-state index in [1.807, 2.05) is 6.07 Å². The Kier molecular flexibility index (Phi) is 4.84. The Hall–Kier alpha value is -0.360. The fourth-order valence-electron chi connectivity index (χ4n) is 2.79. The third-order valence-corrected chi connectivity index (χ3v) is 4.32. The lowest BCUT2D eigenvalue weighted by Gasteiger charge is -2.34. The number of nitrogens with zero attached hydrogens (tertiary/aromatic N) is 2. The Labute approximate surface area is 117 Å². The first-order valence-electron chi connectivity index (χ1n) is 6.50. The summed E-state index contributed by atoms with van der Waals surface area (Å²) in [6.45, 7) is 6.15. The molecule has 2 atom stereocenters. The molecular formula is C13H22BrN3O. The molecule has 0 saturated carbocycles. The van der Waals surface area contributed by atoms with Crippen LogP contribution < -0.4 is 5.73 Å². The number of likely N-dealkylation sites (N-methyl/N-ethyl adjacent to an activating group) is 1. The molecule has 1 fully saturated rings. The number of nitrogens with two attached hydrogens (primary N) is 1. The minimum absolute atomic E-state index is 0.163. The first-order valence-corrected chi connectivity index (χ1v) is 7.30. The zero-order valence-corrected chi connectivity index (χ0v) is 12.7. The molecule has 102 valence electrons. The van der Waals surface area contributed by atoms with E-state index in [9.17, 15) is 0 Å². The van der Waals surface area contributed by atoms with Gasteiger partial charge in [-0.25, -0.2) is 0 Å². The molecule has 0 aromatic carbocycles. The first-order chi connectivity index (χ1) is 8.63. The van der Waals surface area contributed by atoms with Gasteiger partial charge < -0.3 is 15.1 Å². The Morgan fingerprint density at radius 1 is 1.56 bits per heavy atom. The number of halogens is 1. The van der Waals surface area contributed by atoms with Gasteiger partial charge in [-0.2, -0.15) is 0 Å². The van der Waals surface area contributed by atoms with Gasteiger partial charge in [0.1, 0.15) is 5.76 Å². The van der Waals surface area contributed by atoms with Crippen LogP contribution in [0.25, 0.3) is 0 Å². The van der Waals surface area contributed by atoms with Crippen LogP contribution in [0, 0.1) is 0 Å². The van der Waals surface area contributed by atoms with E-state index in [1.54, 1.807) is 6.26 Å².